The van der Waals surface area contributed by atoms with Gasteiger partial charge in [-0.3, -0.25) is 9.59 Å². The third kappa shape index (κ3) is 6.13. The third-order valence-electron chi connectivity index (χ3n) is 5.05. The Morgan fingerprint density at radius 3 is 2.28 bits per heavy atom. The molecule has 0 radical (unpaired) electrons. The zero-order chi connectivity index (χ0) is 23.5. The normalized spacial score (nSPS) is 20.8. The Hall–Kier alpha value is -2.32. The van der Waals surface area contributed by atoms with Crippen molar-refractivity contribution in [3.63, 3.8) is 0 Å². The first-order valence-corrected chi connectivity index (χ1v) is 12.0. The van der Waals surface area contributed by atoms with Crippen LogP contribution in [0.1, 0.15) is 37.6 Å². The Labute approximate surface area is 200 Å². The maximum atomic E-state index is 13.2. The SMILES string of the molecule is CC(C)(C)OC(=O)CC1C(Sc2ccc(Br)cc2)CN(C(=O)c2ccccc2)C1C(=O)O. The number of ether oxygens (including phenoxy) is 1. The largest absolute Gasteiger partial charge is 0.480 e. The maximum absolute atomic E-state index is 13.2. The fourth-order valence-electron chi connectivity index (χ4n) is 3.78. The smallest absolute Gasteiger partial charge is 0.326 e. The Morgan fingerprint density at radius 1 is 1.09 bits per heavy atom. The Bertz CT molecular complexity index is 974. The summed E-state index contributed by atoms with van der Waals surface area (Å²) in [5, 5.41) is 9.77. The minimum Gasteiger partial charge on any atom is -0.480 e. The third-order valence-corrected chi connectivity index (χ3v) is 6.93. The highest BCUT2D eigenvalue weighted by Crippen LogP contribution is 2.40. The predicted octanol–water partition coefficient (Wildman–Crippen LogP) is 4.87. The van der Waals surface area contributed by atoms with Crippen LogP contribution in [-0.2, 0) is 14.3 Å². The lowest BCUT2D eigenvalue weighted by atomic mass is 9.95. The number of hydrogen-bond acceptors (Lipinski definition) is 5. The molecule has 3 rings (SSSR count). The highest BCUT2D eigenvalue weighted by atomic mass is 79.9. The molecule has 0 bridgehead atoms. The molecule has 0 saturated carbocycles. The monoisotopic (exact) mass is 519 g/mol. The van der Waals surface area contributed by atoms with E-state index < -0.39 is 29.5 Å². The van der Waals surface area contributed by atoms with Crippen molar-refractivity contribution in [1.29, 1.82) is 0 Å². The van der Waals surface area contributed by atoms with Gasteiger partial charge < -0.3 is 14.7 Å². The van der Waals surface area contributed by atoms with Gasteiger partial charge in [0.1, 0.15) is 11.6 Å². The van der Waals surface area contributed by atoms with Crippen LogP contribution in [0, 0.1) is 5.92 Å². The lowest BCUT2D eigenvalue weighted by Crippen LogP contribution is -2.44. The van der Waals surface area contributed by atoms with E-state index in [-0.39, 0.29) is 24.1 Å². The maximum Gasteiger partial charge on any atom is 0.326 e. The minimum atomic E-state index is -1.12. The summed E-state index contributed by atoms with van der Waals surface area (Å²) >= 11 is 4.89. The summed E-state index contributed by atoms with van der Waals surface area (Å²) in [5.74, 6) is -2.54. The fourth-order valence-corrected chi connectivity index (χ4v) is 5.34. The van der Waals surface area contributed by atoms with Crippen LogP contribution in [-0.4, -0.2) is 51.3 Å². The molecule has 1 heterocycles. The second-order valence-electron chi connectivity index (χ2n) is 8.67. The molecule has 6 nitrogen and oxygen atoms in total. The van der Waals surface area contributed by atoms with Crippen molar-refractivity contribution in [2.24, 2.45) is 5.92 Å². The summed E-state index contributed by atoms with van der Waals surface area (Å²) in [6.45, 7) is 5.54. The van der Waals surface area contributed by atoms with E-state index in [2.05, 4.69) is 15.9 Å². The van der Waals surface area contributed by atoms with Gasteiger partial charge in [0.05, 0.1) is 6.42 Å². The van der Waals surface area contributed by atoms with Crippen LogP contribution in [0.25, 0.3) is 0 Å². The number of thioether (sulfide) groups is 1. The molecule has 170 valence electrons. The van der Waals surface area contributed by atoms with Gasteiger partial charge in [-0.1, -0.05) is 34.1 Å². The van der Waals surface area contributed by atoms with Crippen LogP contribution < -0.4 is 0 Å². The number of benzene rings is 2. The van der Waals surface area contributed by atoms with E-state index in [0.717, 1.165) is 9.37 Å². The van der Waals surface area contributed by atoms with E-state index in [1.54, 1.807) is 51.1 Å². The average Bonchev–Trinajstić information content (AvgIpc) is 3.06. The average molecular weight is 520 g/mol. The van der Waals surface area contributed by atoms with Gasteiger partial charge in [-0.25, -0.2) is 4.79 Å². The molecule has 32 heavy (non-hydrogen) atoms. The van der Waals surface area contributed by atoms with Crippen LogP contribution in [0.4, 0.5) is 0 Å². The standard InChI is InChI=1S/C24H26BrNO5S/c1-24(2,3)31-20(27)13-18-19(32-17-11-9-16(25)10-12-17)14-26(21(18)23(29)30)22(28)15-7-5-4-6-8-15/h4-12,18-19,21H,13-14H2,1-3H3,(H,29,30). The molecule has 1 fully saturated rings. The zero-order valence-corrected chi connectivity index (χ0v) is 20.6. The van der Waals surface area contributed by atoms with Gasteiger partial charge in [0.2, 0.25) is 0 Å². The summed E-state index contributed by atoms with van der Waals surface area (Å²) in [6.07, 6.45) is -0.0823. The van der Waals surface area contributed by atoms with Gasteiger partial charge in [-0.15, -0.1) is 11.8 Å². The van der Waals surface area contributed by atoms with Crippen molar-refractivity contribution < 1.29 is 24.2 Å². The molecule has 3 unspecified atom stereocenters. The van der Waals surface area contributed by atoms with E-state index in [0.29, 0.717) is 5.56 Å². The molecule has 1 amide bonds. The second kappa shape index (κ2) is 10.1. The van der Waals surface area contributed by atoms with Gasteiger partial charge in [-0.05, 0) is 57.2 Å². The molecule has 0 aromatic heterocycles. The molecule has 1 aliphatic rings. The van der Waals surface area contributed by atoms with E-state index >= 15 is 0 Å². The molecule has 3 atom stereocenters. The number of aliphatic carboxylic acids is 1. The van der Waals surface area contributed by atoms with Crippen LogP contribution in [0.5, 0.6) is 0 Å². The first-order chi connectivity index (χ1) is 15.0. The van der Waals surface area contributed by atoms with Crippen molar-refractivity contribution in [3.05, 3.63) is 64.6 Å². The molecule has 1 aliphatic heterocycles. The van der Waals surface area contributed by atoms with Crippen molar-refractivity contribution >= 4 is 45.5 Å². The predicted molar refractivity (Wildman–Crippen MR) is 127 cm³/mol. The lowest BCUT2D eigenvalue weighted by molar-refractivity contribution is -0.156. The number of esters is 1. The number of hydrogen-bond donors (Lipinski definition) is 1. The Balaban J connectivity index is 1.92. The summed E-state index contributed by atoms with van der Waals surface area (Å²) in [4.78, 5) is 40.5. The Kier molecular flexibility index (Phi) is 7.67. The molecule has 0 aliphatic carbocycles. The highest BCUT2D eigenvalue weighted by molar-refractivity contribution is 9.10. The van der Waals surface area contributed by atoms with E-state index in [1.165, 1.54) is 16.7 Å². The molecular formula is C24H26BrNO5S. The van der Waals surface area contributed by atoms with Gasteiger partial charge in [0.15, 0.2) is 0 Å². The molecule has 1 N–H and O–H groups in total. The Morgan fingerprint density at radius 2 is 1.72 bits per heavy atom. The molecule has 8 heteroatoms. The molecule has 1 saturated heterocycles. The number of nitrogens with zero attached hydrogens (tertiary/aromatic N) is 1. The quantitative estimate of drug-likeness (QED) is 0.548. The second-order valence-corrected chi connectivity index (χ2v) is 10.9. The number of amides is 1. The van der Waals surface area contributed by atoms with Gasteiger partial charge >= 0.3 is 11.9 Å². The van der Waals surface area contributed by atoms with E-state index in [9.17, 15) is 19.5 Å². The lowest BCUT2D eigenvalue weighted by Gasteiger charge is -2.26. The van der Waals surface area contributed by atoms with Gasteiger partial charge in [0.25, 0.3) is 5.91 Å². The van der Waals surface area contributed by atoms with Crippen molar-refractivity contribution in [1.82, 2.24) is 4.90 Å². The number of carboxylic acid groups (broad SMARTS) is 1. The minimum absolute atomic E-state index is 0.0823. The van der Waals surface area contributed by atoms with Crippen LogP contribution in [0.3, 0.4) is 0 Å². The van der Waals surface area contributed by atoms with Crippen LogP contribution in [0.2, 0.25) is 0 Å². The van der Waals surface area contributed by atoms with Crippen molar-refractivity contribution in [2.75, 3.05) is 6.54 Å². The number of carboxylic acids is 1. The van der Waals surface area contributed by atoms with Crippen LogP contribution in [0.15, 0.2) is 64.0 Å². The number of halogens is 1. The number of carbonyl (C=O) groups is 3. The first-order valence-electron chi connectivity index (χ1n) is 10.3. The summed E-state index contributed by atoms with van der Waals surface area (Å²) in [6, 6.07) is 15.2. The topological polar surface area (TPSA) is 83.9 Å². The molecule has 2 aromatic rings. The number of rotatable bonds is 6. The first kappa shape index (κ1) is 24.3. The van der Waals surface area contributed by atoms with Gasteiger partial charge in [0, 0.05) is 32.6 Å². The fraction of sp³-hybridized carbons (Fsp3) is 0.375. The van der Waals surface area contributed by atoms with Crippen LogP contribution >= 0.6 is 27.7 Å². The molecule has 0 spiro atoms. The number of likely N-dealkylation sites (tertiary alicyclic amines) is 1. The zero-order valence-electron chi connectivity index (χ0n) is 18.2. The molecule has 2 aromatic carbocycles. The van der Waals surface area contributed by atoms with E-state index in [1.807, 2.05) is 24.3 Å². The summed E-state index contributed by atoms with van der Waals surface area (Å²) in [5.41, 5.74) is -0.258. The summed E-state index contributed by atoms with van der Waals surface area (Å²) in [7, 11) is 0. The number of carbonyl (C=O) groups excluding carboxylic acids is 2. The summed E-state index contributed by atoms with van der Waals surface area (Å²) < 4.78 is 6.40. The molecular weight excluding hydrogens is 494 g/mol. The van der Waals surface area contributed by atoms with E-state index in [4.69, 9.17) is 4.74 Å². The van der Waals surface area contributed by atoms with Crippen molar-refractivity contribution in [3.8, 4) is 0 Å². The van der Waals surface area contributed by atoms with Gasteiger partial charge in [-0.2, -0.15) is 0 Å². The van der Waals surface area contributed by atoms with Crippen molar-refractivity contribution in [2.45, 2.75) is 49.0 Å². The highest BCUT2D eigenvalue weighted by Gasteiger charge is 2.49.